The smallest absolute Gasteiger partial charge is 0.158 e. The van der Waals surface area contributed by atoms with Crippen LogP contribution in [0.15, 0.2) is 24.8 Å². The van der Waals surface area contributed by atoms with Crippen molar-refractivity contribution >= 4 is 5.78 Å². The van der Waals surface area contributed by atoms with E-state index in [2.05, 4.69) is 32.6 Å². The number of fused-ring (bicyclic) bond motifs is 1. The maximum absolute atomic E-state index is 11.7. The molecule has 0 N–H and O–H groups in total. The molecule has 0 aromatic carbocycles. The number of hydrogen-bond donors (Lipinski definition) is 0. The lowest BCUT2D eigenvalue weighted by atomic mass is 9.57. The Morgan fingerprint density at radius 3 is 3.00 bits per heavy atom. The Labute approximate surface area is 92.3 Å². The Balaban J connectivity index is 2.27. The first kappa shape index (κ1) is 10.7. The molecule has 2 rings (SSSR count). The van der Waals surface area contributed by atoms with Crippen LogP contribution in [0, 0.1) is 23.2 Å². The topological polar surface area (TPSA) is 17.1 Å². The van der Waals surface area contributed by atoms with E-state index in [9.17, 15) is 4.79 Å². The monoisotopic (exact) mass is 204 g/mol. The highest BCUT2D eigenvalue weighted by Gasteiger charge is 2.44. The number of allylic oxidation sites excluding steroid dienone is 3. The van der Waals surface area contributed by atoms with Crippen molar-refractivity contribution in [3.05, 3.63) is 24.8 Å². The Hall–Kier alpha value is -0.850. The molecule has 1 heteroatoms. The predicted molar refractivity (Wildman–Crippen MR) is 62.4 cm³/mol. The van der Waals surface area contributed by atoms with Gasteiger partial charge in [0.05, 0.1) is 0 Å². The van der Waals surface area contributed by atoms with Crippen LogP contribution in [-0.2, 0) is 4.79 Å². The minimum Gasteiger partial charge on any atom is -0.295 e. The molecule has 0 heterocycles. The number of carbonyl (C=O) groups excluding carboxylic acids is 1. The summed E-state index contributed by atoms with van der Waals surface area (Å²) in [5.41, 5.74) is 0.257. The summed E-state index contributed by atoms with van der Waals surface area (Å²) in [5.74, 6) is 1.64. The zero-order valence-electron chi connectivity index (χ0n) is 9.70. The first-order chi connectivity index (χ1) is 7.07. The van der Waals surface area contributed by atoms with Crippen LogP contribution in [0.2, 0.25) is 0 Å². The SMILES string of the molecule is C=CC1CCC2(C)C=CC(=O)C(C)C2C1. The van der Waals surface area contributed by atoms with Gasteiger partial charge in [0, 0.05) is 5.92 Å². The van der Waals surface area contributed by atoms with Crippen molar-refractivity contribution < 1.29 is 4.79 Å². The molecule has 82 valence electrons. The lowest BCUT2D eigenvalue weighted by molar-refractivity contribution is -0.122. The van der Waals surface area contributed by atoms with Gasteiger partial charge < -0.3 is 0 Å². The first-order valence-corrected chi connectivity index (χ1v) is 5.92. The quantitative estimate of drug-likeness (QED) is 0.598. The third-order valence-corrected chi connectivity index (χ3v) is 4.47. The minimum atomic E-state index is 0.197. The zero-order valence-corrected chi connectivity index (χ0v) is 9.70. The second-order valence-corrected chi connectivity index (χ2v) is 5.41. The van der Waals surface area contributed by atoms with Gasteiger partial charge >= 0.3 is 0 Å². The summed E-state index contributed by atoms with van der Waals surface area (Å²) in [7, 11) is 0. The molecule has 0 aliphatic heterocycles. The standard InChI is InChI=1S/C14H20O/c1-4-11-5-7-14(3)8-6-13(15)10(2)12(14)9-11/h4,6,8,10-12H,1,5,7,9H2,2-3H3. The molecule has 0 aromatic heterocycles. The molecule has 1 saturated carbocycles. The van der Waals surface area contributed by atoms with Gasteiger partial charge in [0.1, 0.15) is 0 Å². The highest BCUT2D eigenvalue weighted by atomic mass is 16.1. The van der Waals surface area contributed by atoms with Crippen molar-refractivity contribution in [3.8, 4) is 0 Å². The average molecular weight is 204 g/mol. The largest absolute Gasteiger partial charge is 0.295 e. The van der Waals surface area contributed by atoms with Crippen LogP contribution < -0.4 is 0 Å². The maximum Gasteiger partial charge on any atom is 0.158 e. The van der Waals surface area contributed by atoms with Crippen molar-refractivity contribution in [1.82, 2.24) is 0 Å². The van der Waals surface area contributed by atoms with E-state index in [1.165, 1.54) is 12.8 Å². The molecule has 0 amide bonds. The van der Waals surface area contributed by atoms with Crippen molar-refractivity contribution in [1.29, 1.82) is 0 Å². The van der Waals surface area contributed by atoms with Crippen LogP contribution in [0.3, 0.4) is 0 Å². The summed E-state index contributed by atoms with van der Waals surface area (Å²) in [6, 6.07) is 0. The normalized spacial score (nSPS) is 44.9. The fraction of sp³-hybridized carbons (Fsp3) is 0.643. The van der Waals surface area contributed by atoms with Crippen molar-refractivity contribution in [2.45, 2.75) is 33.1 Å². The van der Waals surface area contributed by atoms with Crippen LogP contribution in [-0.4, -0.2) is 5.78 Å². The number of carbonyl (C=O) groups is 1. The van der Waals surface area contributed by atoms with E-state index in [0.29, 0.717) is 17.6 Å². The summed E-state index contributed by atoms with van der Waals surface area (Å²) < 4.78 is 0. The molecule has 4 atom stereocenters. The second-order valence-electron chi connectivity index (χ2n) is 5.41. The van der Waals surface area contributed by atoms with Crippen LogP contribution in [0.1, 0.15) is 33.1 Å². The lowest BCUT2D eigenvalue weighted by Gasteiger charge is -2.46. The summed E-state index contributed by atoms with van der Waals surface area (Å²) in [4.78, 5) is 11.7. The van der Waals surface area contributed by atoms with Crippen molar-refractivity contribution in [2.75, 3.05) is 0 Å². The van der Waals surface area contributed by atoms with E-state index < -0.39 is 0 Å². The molecular formula is C14H20O. The molecule has 0 saturated heterocycles. The van der Waals surface area contributed by atoms with Gasteiger partial charge in [-0.2, -0.15) is 0 Å². The zero-order chi connectivity index (χ0) is 11.1. The molecule has 2 aliphatic carbocycles. The number of ketones is 1. The van der Waals surface area contributed by atoms with E-state index in [1.54, 1.807) is 6.08 Å². The molecule has 15 heavy (non-hydrogen) atoms. The van der Waals surface area contributed by atoms with Crippen LogP contribution >= 0.6 is 0 Å². The van der Waals surface area contributed by atoms with E-state index in [0.717, 1.165) is 6.42 Å². The maximum atomic E-state index is 11.7. The Morgan fingerprint density at radius 1 is 1.60 bits per heavy atom. The van der Waals surface area contributed by atoms with E-state index in [4.69, 9.17) is 0 Å². The number of rotatable bonds is 1. The van der Waals surface area contributed by atoms with Crippen molar-refractivity contribution in [2.24, 2.45) is 23.2 Å². The summed E-state index contributed by atoms with van der Waals surface area (Å²) in [6.45, 7) is 8.27. The fourth-order valence-corrected chi connectivity index (χ4v) is 3.21. The Morgan fingerprint density at radius 2 is 2.33 bits per heavy atom. The third kappa shape index (κ3) is 1.68. The summed E-state index contributed by atoms with van der Waals surface area (Å²) in [5, 5.41) is 0. The lowest BCUT2D eigenvalue weighted by Crippen LogP contribution is -2.41. The molecule has 1 nitrogen and oxygen atoms in total. The molecule has 1 fully saturated rings. The molecule has 0 bridgehead atoms. The highest BCUT2D eigenvalue weighted by molar-refractivity contribution is 5.92. The van der Waals surface area contributed by atoms with Gasteiger partial charge in [-0.1, -0.05) is 26.0 Å². The fourth-order valence-electron chi connectivity index (χ4n) is 3.21. The molecule has 4 unspecified atom stereocenters. The molecule has 0 radical (unpaired) electrons. The van der Waals surface area contributed by atoms with Gasteiger partial charge in [-0.05, 0) is 42.6 Å². The Kier molecular flexibility index (Phi) is 2.57. The molecule has 0 spiro atoms. The van der Waals surface area contributed by atoms with Gasteiger partial charge in [0.15, 0.2) is 5.78 Å². The second kappa shape index (κ2) is 3.62. The van der Waals surface area contributed by atoms with Crippen LogP contribution in [0.25, 0.3) is 0 Å². The van der Waals surface area contributed by atoms with E-state index in [1.807, 2.05) is 0 Å². The third-order valence-electron chi connectivity index (χ3n) is 4.47. The molecule has 2 aliphatic rings. The van der Waals surface area contributed by atoms with Crippen LogP contribution in [0.5, 0.6) is 0 Å². The summed E-state index contributed by atoms with van der Waals surface area (Å²) >= 11 is 0. The van der Waals surface area contributed by atoms with Crippen LogP contribution in [0.4, 0.5) is 0 Å². The average Bonchev–Trinajstić information content (AvgIpc) is 2.24. The van der Waals surface area contributed by atoms with E-state index >= 15 is 0 Å². The van der Waals surface area contributed by atoms with Crippen molar-refractivity contribution in [3.63, 3.8) is 0 Å². The summed E-state index contributed by atoms with van der Waals surface area (Å²) in [6.07, 6.45) is 9.57. The highest BCUT2D eigenvalue weighted by Crippen LogP contribution is 2.50. The molecular weight excluding hydrogens is 184 g/mol. The van der Waals surface area contributed by atoms with Gasteiger partial charge in [0.2, 0.25) is 0 Å². The number of hydrogen-bond acceptors (Lipinski definition) is 1. The van der Waals surface area contributed by atoms with Gasteiger partial charge in [0.25, 0.3) is 0 Å². The van der Waals surface area contributed by atoms with E-state index in [-0.39, 0.29) is 11.3 Å². The van der Waals surface area contributed by atoms with Gasteiger partial charge in [-0.25, -0.2) is 0 Å². The minimum absolute atomic E-state index is 0.197. The Bertz CT molecular complexity index is 315. The van der Waals surface area contributed by atoms with Gasteiger partial charge in [-0.15, -0.1) is 6.58 Å². The predicted octanol–water partition coefficient (Wildman–Crippen LogP) is 3.37. The first-order valence-electron chi connectivity index (χ1n) is 5.92. The molecule has 0 aromatic rings. The van der Waals surface area contributed by atoms with Gasteiger partial charge in [-0.3, -0.25) is 4.79 Å².